The van der Waals surface area contributed by atoms with Crippen LogP contribution in [0.2, 0.25) is 0 Å². The number of alkyl halides is 3. The lowest BCUT2D eigenvalue weighted by Gasteiger charge is -2.27. The first-order valence-corrected chi connectivity index (χ1v) is 8.24. The van der Waals surface area contributed by atoms with Gasteiger partial charge in [0.25, 0.3) is 0 Å². The molecule has 0 radical (unpaired) electrons. The molecule has 0 heterocycles. The molecular weight excluding hydrogens is 331 g/mol. The highest BCUT2D eigenvalue weighted by Gasteiger charge is 2.33. The molecule has 1 aromatic rings. The fourth-order valence-electron chi connectivity index (χ4n) is 1.85. The van der Waals surface area contributed by atoms with Gasteiger partial charge in [-0.3, -0.25) is 4.79 Å². The summed E-state index contributed by atoms with van der Waals surface area (Å²) in [5.41, 5.74) is 0.778. The fraction of sp³-hybridized carbons (Fsp3) is 0.533. The number of carbonyl (C=O) groups excluding carboxylic acids is 1. The summed E-state index contributed by atoms with van der Waals surface area (Å²) in [5, 5.41) is 5.76. The number of amides is 1. The molecule has 118 valence electrons. The molecule has 0 saturated carbocycles. The predicted molar refractivity (Wildman–Crippen MR) is 91.0 cm³/mol. The normalized spacial score (nSPS) is 12.8. The molecule has 0 saturated heterocycles. The van der Waals surface area contributed by atoms with Crippen LogP contribution in [-0.2, 0) is 4.79 Å². The Bertz CT molecular complexity index is 421. The lowest BCUT2D eigenvalue weighted by molar-refractivity contribution is -0.121. The van der Waals surface area contributed by atoms with Crippen molar-refractivity contribution in [3.63, 3.8) is 0 Å². The highest BCUT2D eigenvalue weighted by molar-refractivity contribution is 6.68. The number of rotatable bonds is 8. The molecule has 0 aliphatic carbocycles. The van der Waals surface area contributed by atoms with Crippen LogP contribution in [0.3, 0.4) is 0 Å². The second-order valence-electron chi connectivity index (χ2n) is 4.86. The zero-order valence-corrected chi connectivity index (χ0v) is 14.3. The van der Waals surface area contributed by atoms with E-state index >= 15 is 0 Å². The molecule has 6 heteroatoms. The summed E-state index contributed by atoms with van der Waals surface area (Å²) in [5.74, 6) is -0.120. The van der Waals surface area contributed by atoms with Crippen molar-refractivity contribution in [3.8, 4) is 0 Å². The summed E-state index contributed by atoms with van der Waals surface area (Å²) in [4.78, 5) is 11.9. The number of nitrogens with one attached hydrogen (secondary N) is 2. The van der Waals surface area contributed by atoms with Crippen molar-refractivity contribution in [1.82, 2.24) is 5.32 Å². The monoisotopic (exact) mass is 350 g/mol. The summed E-state index contributed by atoms with van der Waals surface area (Å²) < 4.78 is -1.63. The molecule has 0 fully saturated rings. The van der Waals surface area contributed by atoms with Gasteiger partial charge in [-0.25, -0.2) is 0 Å². The van der Waals surface area contributed by atoms with Crippen molar-refractivity contribution in [3.05, 3.63) is 30.3 Å². The molecule has 1 unspecified atom stereocenters. The minimum atomic E-state index is -1.63. The number of para-hydroxylation sites is 1. The van der Waals surface area contributed by atoms with E-state index in [0.29, 0.717) is 6.42 Å². The van der Waals surface area contributed by atoms with Gasteiger partial charge in [0.15, 0.2) is 0 Å². The first-order chi connectivity index (χ1) is 9.93. The number of carbonyl (C=O) groups is 1. The van der Waals surface area contributed by atoms with Gasteiger partial charge in [0, 0.05) is 12.1 Å². The van der Waals surface area contributed by atoms with E-state index in [4.69, 9.17) is 34.8 Å². The van der Waals surface area contributed by atoms with Crippen molar-refractivity contribution in [1.29, 1.82) is 0 Å². The molecule has 1 amide bonds. The van der Waals surface area contributed by atoms with E-state index in [1.165, 1.54) is 0 Å². The molecule has 0 aromatic heterocycles. The Morgan fingerprint density at radius 1 is 1.14 bits per heavy atom. The third kappa shape index (κ3) is 7.79. The Morgan fingerprint density at radius 2 is 1.81 bits per heavy atom. The summed E-state index contributed by atoms with van der Waals surface area (Å²) in [6.07, 6.45) is 3.81. The quantitative estimate of drug-likeness (QED) is 0.398. The molecule has 0 aliphatic rings. The van der Waals surface area contributed by atoms with Crippen LogP contribution in [0.5, 0.6) is 0 Å². The lowest BCUT2D eigenvalue weighted by atomic mass is 10.1. The second-order valence-corrected chi connectivity index (χ2v) is 7.23. The van der Waals surface area contributed by atoms with E-state index in [-0.39, 0.29) is 5.91 Å². The molecule has 2 N–H and O–H groups in total. The largest absolute Gasteiger partial charge is 0.362 e. The van der Waals surface area contributed by atoms with Crippen LogP contribution < -0.4 is 10.6 Å². The first-order valence-electron chi connectivity index (χ1n) is 7.11. The molecule has 0 spiro atoms. The highest BCUT2D eigenvalue weighted by atomic mass is 35.6. The Hall–Kier alpha value is -0.640. The summed E-state index contributed by atoms with van der Waals surface area (Å²) in [7, 11) is 0. The topological polar surface area (TPSA) is 41.1 Å². The summed E-state index contributed by atoms with van der Waals surface area (Å²) >= 11 is 17.8. The van der Waals surface area contributed by atoms with Gasteiger partial charge in [-0.05, 0) is 18.6 Å². The van der Waals surface area contributed by atoms with Gasteiger partial charge in [0.2, 0.25) is 9.70 Å². The van der Waals surface area contributed by atoms with E-state index < -0.39 is 9.96 Å². The molecular formula is C15H21Cl3N2O. The van der Waals surface area contributed by atoms with Crippen LogP contribution in [0.4, 0.5) is 5.69 Å². The predicted octanol–water partition coefficient (Wildman–Crippen LogP) is 4.88. The maximum absolute atomic E-state index is 11.9. The molecule has 0 aliphatic heterocycles. The summed E-state index contributed by atoms with van der Waals surface area (Å²) in [6.45, 7) is 2.13. The molecule has 1 aromatic carbocycles. The maximum Gasteiger partial charge on any atom is 0.228 e. The van der Waals surface area contributed by atoms with Crippen molar-refractivity contribution >= 4 is 46.4 Å². The number of halogens is 3. The summed E-state index contributed by atoms with van der Waals surface area (Å²) in [6, 6.07) is 9.31. The number of unbranched alkanes of at least 4 members (excludes halogenated alkanes) is 3. The standard InChI is InChI=1S/C15H21Cl3N2O/c1-2-3-4-8-11-13(21)20-14(15(16,17)18)19-12-9-6-5-7-10-12/h5-7,9-10,14,19H,2-4,8,11H2,1H3,(H,20,21). The van der Waals surface area contributed by atoms with Crippen molar-refractivity contribution < 1.29 is 4.79 Å². The lowest BCUT2D eigenvalue weighted by Crippen LogP contribution is -2.49. The average Bonchev–Trinajstić information content (AvgIpc) is 2.43. The third-order valence-corrected chi connectivity index (χ3v) is 3.63. The Morgan fingerprint density at radius 3 is 2.38 bits per heavy atom. The smallest absolute Gasteiger partial charge is 0.228 e. The van der Waals surface area contributed by atoms with Gasteiger partial charge in [-0.2, -0.15) is 0 Å². The molecule has 1 atom stereocenters. The van der Waals surface area contributed by atoms with Crippen molar-refractivity contribution in [2.75, 3.05) is 5.32 Å². The van der Waals surface area contributed by atoms with Crippen LogP contribution in [0.25, 0.3) is 0 Å². The van der Waals surface area contributed by atoms with E-state index in [9.17, 15) is 4.79 Å². The average molecular weight is 352 g/mol. The zero-order chi connectivity index (χ0) is 15.7. The number of hydrogen-bond acceptors (Lipinski definition) is 2. The molecule has 21 heavy (non-hydrogen) atoms. The van der Waals surface area contributed by atoms with E-state index in [2.05, 4.69) is 17.6 Å². The highest BCUT2D eigenvalue weighted by Crippen LogP contribution is 2.31. The molecule has 1 rings (SSSR count). The van der Waals surface area contributed by atoms with Crippen LogP contribution in [0.15, 0.2) is 30.3 Å². The number of benzene rings is 1. The Labute approximate surface area is 141 Å². The first kappa shape index (κ1) is 18.4. The fourth-order valence-corrected chi connectivity index (χ4v) is 2.17. The minimum Gasteiger partial charge on any atom is -0.362 e. The van der Waals surface area contributed by atoms with Crippen LogP contribution in [0, 0.1) is 0 Å². The van der Waals surface area contributed by atoms with Gasteiger partial charge < -0.3 is 10.6 Å². The van der Waals surface area contributed by atoms with Crippen LogP contribution in [0.1, 0.15) is 39.0 Å². The van der Waals surface area contributed by atoms with E-state index in [1.807, 2.05) is 30.3 Å². The van der Waals surface area contributed by atoms with Gasteiger partial charge in [0.1, 0.15) is 6.17 Å². The zero-order valence-electron chi connectivity index (χ0n) is 12.0. The Balaban J connectivity index is 2.53. The Kier molecular flexibility index (Phi) is 8.23. The number of anilines is 1. The van der Waals surface area contributed by atoms with E-state index in [0.717, 1.165) is 31.4 Å². The van der Waals surface area contributed by atoms with Crippen LogP contribution in [-0.4, -0.2) is 15.9 Å². The van der Waals surface area contributed by atoms with Crippen LogP contribution >= 0.6 is 34.8 Å². The van der Waals surface area contributed by atoms with Gasteiger partial charge in [-0.15, -0.1) is 0 Å². The van der Waals surface area contributed by atoms with Crippen molar-refractivity contribution in [2.45, 2.75) is 49.0 Å². The van der Waals surface area contributed by atoms with Crippen molar-refractivity contribution in [2.24, 2.45) is 0 Å². The number of hydrogen-bond donors (Lipinski definition) is 2. The van der Waals surface area contributed by atoms with Gasteiger partial charge in [-0.1, -0.05) is 79.2 Å². The van der Waals surface area contributed by atoms with Gasteiger partial charge >= 0.3 is 0 Å². The van der Waals surface area contributed by atoms with Gasteiger partial charge in [0.05, 0.1) is 0 Å². The molecule has 3 nitrogen and oxygen atoms in total. The third-order valence-electron chi connectivity index (χ3n) is 2.97. The minimum absolute atomic E-state index is 0.120. The SMILES string of the molecule is CCCCCCC(=O)NC(Nc1ccccc1)C(Cl)(Cl)Cl. The maximum atomic E-state index is 11.9. The second kappa shape index (κ2) is 9.39. The van der Waals surface area contributed by atoms with E-state index in [1.54, 1.807) is 0 Å². The molecule has 0 bridgehead atoms.